The summed E-state index contributed by atoms with van der Waals surface area (Å²) < 4.78 is 1.89. The smallest absolute Gasteiger partial charge is 0.206 e. The van der Waals surface area contributed by atoms with E-state index in [4.69, 9.17) is 5.11 Å². The van der Waals surface area contributed by atoms with Gasteiger partial charge in [0.15, 0.2) is 6.20 Å². The lowest BCUT2D eigenvalue weighted by Crippen LogP contribution is -2.32. The Labute approximate surface area is 54.4 Å². The van der Waals surface area contributed by atoms with E-state index >= 15 is 0 Å². The van der Waals surface area contributed by atoms with Gasteiger partial charge >= 0.3 is 0 Å². The molecule has 48 valence electrons. The van der Waals surface area contributed by atoms with Gasteiger partial charge in [-0.05, 0) is 0 Å². The summed E-state index contributed by atoms with van der Waals surface area (Å²) in [6.45, 7) is 0.108. The lowest BCUT2D eigenvalue weighted by molar-refractivity contribution is -0.681. The second kappa shape index (κ2) is 2.60. The monoisotopic (exact) mass is 124 g/mol. The molecule has 0 bridgehead atoms. The van der Waals surface area contributed by atoms with Gasteiger partial charge in [0.25, 0.3) is 0 Å². The number of aromatic nitrogens is 1. The van der Waals surface area contributed by atoms with Crippen molar-refractivity contribution in [1.29, 1.82) is 0 Å². The molecule has 0 aromatic carbocycles. The number of nitrogens with zero attached hydrogens (tertiary/aromatic N) is 1. The molecule has 0 saturated heterocycles. The lowest BCUT2D eigenvalue weighted by Gasteiger charge is -1.91. The predicted octanol–water partition coefficient (Wildman–Crippen LogP) is 0.00340. The topological polar surface area (TPSA) is 24.1 Å². The van der Waals surface area contributed by atoms with Crippen LogP contribution >= 0.6 is 0 Å². The maximum atomic E-state index is 8.70. The van der Waals surface area contributed by atoms with Crippen molar-refractivity contribution in [3.05, 3.63) is 30.1 Å². The zero-order valence-electron chi connectivity index (χ0n) is 5.41. The Bertz CT molecular complexity index is 198. The summed E-state index contributed by atoms with van der Waals surface area (Å²) in [6.07, 6.45) is 1.91. The van der Waals surface area contributed by atoms with Crippen LogP contribution < -0.4 is 4.57 Å². The van der Waals surface area contributed by atoms with Gasteiger partial charge < -0.3 is 5.11 Å². The van der Waals surface area contributed by atoms with Crippen LogP contribution in [-0.2, 0) is 13.7 Å². The fraction of sp³-hybridized carbons (Fsp3) is 0.286. The average molecular weight is 124 g/mol. The zero-order chi connectivity index (χ0) is 6.69. The van der Waals surface area contributed by atoms with E-state index in [2.05, 4.69) is 0 Å². The van der Waals surface area contributed by atoms with Gasteiger partial charge in [0.05, 0.1) is 0 Å². The molecule has 0 aliphatic heterocycles. The molecule has 9 heavy (non-hydrogen) atoms. The van der Waals surface area contributed by atoms with Gasteiger partial charge in [-0.15, -0.1) is 0 Å². The summed E-state index contributed by atoms with van der Waals surface area (Å²) >= 11 is 0. The molecular weight excluding hydrogens is 114 g/mol. The Hall–Kier alpha value is -0.890. The largest absolute Gasteiger partial charge is 0.385 e. The van der Waals surface area contributed by atoms with Crippen molar-refractivity contribution in [3.63, 3.8) is 0 Å². The molecule has 0 fully saturated rings. The first-order valence-electron chi connectivity index (χ1n) is 2.89. The SMILES string of the molecule is C[n+]1ccccc1CO. The molecule has 0 aliphatic rings. The van der Waals surface area contributed by atoms with Crippen molar-refractivity contribution in [2.24, 2.45) is 7.05 Å². The number of hydrogen-bond acceptors (Lipinski definition) is 1. The van der Waals surface area contributed by atoms with Crippen LogP contribution in [-0.4, -0.2) is 5.11 Å². The van der Waals surface area contributed by atoms with E-state index in [1.807, 2.05) is 36.0 Å². The molecule has 0 atom stereocenters. The lowest BCUT2D eigenvalue weighted by atomic mass is 10.3. The van der Waals surface area contributed by atoms with E-state index in [1.54, 1.807) is 0 Å². The van der Waals surface area contributed by atoms with E-state index in [9.17, 15) is 0 Å². The molecule has 1 heterocycles. The number of aliphatic hydroxyl groups excluding tert-OH is 1. The number of rotatable bonds is 1. The fourth-order valence-electron chi connectivity index (χ4n) is 0.723. The Balaban J connectivity index is 3.01. The van der Waals surface area contributed by atoms with E-state index in [0.717, 1.165) is 5.69 Å². The van der Waals surface area contributed by atoms with Crippen LogP contribution in [0.25, 0.3) is 0 Å². The predicted molar refractivity (Wildman–Crippen MR) is 33.5 cm³/mol. The number of aryl methyl sites for hydroxylation is 1. The number of hydrogen-bond donors (Lipinski definition) is 1. The third-order valence-electron chi connectivity index (χ3n) is 1.32. The van der Waals surface area contributed by atoms with Gasteiger partial charge in [-0.2, -0.15) is 0 Å². The average Bonchev–Trinajstić information content (AvgIpc) is 1.89. The minimum atomic E-state index is 0.108. The second-order valence-electron chi connectivity index (χ2n) is 1.96. The van der Waals surface area contributed by atoms with Crippen molar-refractivity contribution < 1.29 is 9.67 Å². The van der Waals surface area contributed by atoms with E-state index in [-0.39, 0.29) is 6.61 Å². The van der Waals surface area contributed by atoms with E-state index in [0.29, 0.717) is 0 Å². The van der Waals surface area contributed by atoms with Crippen LogP contribution in [0.4, 0.5) is 0 Å². The van der Waals surface area contributed by atoms with E-state index in [1.165, 1.54) is 0 Å². The molecule has 0 spiro atoms. The second-order valence-corrected chi connectivity index (χ2v) is 1.96. The quantitative estimate of drug-likeness (QED) is 0.524. The Morgan fingerprint density at radius 3 is 2.78 bits per heavy atom. The van der Waals surface area contributed by atoms with Gasteiger partial charge in [-0.1, -0.05) is 6.07 Å². The number of aliphatic hydroxyl groups is 1. The first kappa shape index (κ1) is 6.23. The first-order chi connectivity index (χ1) is 4.34. The standard InChI is InChI=1S/C7H10NO/c1-8-5-3-2-4-7(8)6-9/h2-5,9H,6H2,1H3/q+1. The highest BCUT2D eigenvalue weighted by molar-refractivity contribution is 4.95. The molecule has 0 unspecified atom stereocenters. The maximum absolute atomic E-state index is 8.70. The molecule has 0 saturated carbocycles. The molecule has 1 N–H and O–H groups in total. The minimum Gasteiger partial charge on any atom is -0.385 e. The molecule has 1 aromatic heterocycles. The van der Waals surface area contributed by atoms with Gasteiger partial charge in [0.2, 0.25) is 5.69 Å². The van der Waals surface area contributed by atoms with Crippen molar-refractivity contribution in [1.82, 2.24) is 0 Å². The summed E-state index contributed by atoms with van der Waals surface area (Å²) in [5, 5.41) is 8.70. The van der Waals surface area contributed by atoms with Crippen LogP contribution in [0.2, 0.25) is 0 Å². The fourth-order valence-corrected chi connectivity index (χ4v) is 0.723. The van der Waals surface area contributed by atoms with Crippen molar-refractivity contribution in [2.75, 3.05) is 0 Å². The Morgan fingerprint density at radius 2 is 2.33 bits per heavy atom. The summed E-state index contributed by atoms with van der Waals surface area (Å²) in [7, 11) is 1.91. The van der Waals surface area contributed by atoms with Gasteiger partial charge in [-0.3, -0.25) is 0 Å². The van der Waals surface area contributed by atoms with Crippen molar-refractivity contribution >= 4 is 0 Å². The zero-order valence-corrected chi connectivity index (χ0v) is 5.41. The molecule has 0 radical (unpaired) electrons. The molecule has 0 aliphatic carbocycles. The van der Waals surface area contributed by atoms with Crippen LogP contribution in [0.15, 0.2) is 24.4 Å². The van der Waals surface area contributed by atoms with Gasteiger partial charge in [-0.25, -0.2) is 4.57 Å². The highest BCUT2D eigenvalue weighted by atomic mass is 16.3. The summed E-state index contributed by atoms with van der Waals surface area (Å²) in [5.41, 5.74) is 0.928. The summed E-state index contributed by atoms with van der Waals surface area (Å²) in [5.74, 6) is 0. The first-order valence-corrected chi connectivity index (χ1v) is 2.89. The van der Waals surface area contributed by atoms with Crippen LogP contribution in [0.1, 0.15) is 5.69 Å². The third-order valence-corrected chi connectivity index (χ3v) is 1.32. The molecule has 1 aromatic rings. The highest BCUT2D eigenvalue weighted by Gasteiger charge is 1.98. The normalized spacial score (nSPS) is 9.56. The summed E-state index contributed by atoms with van der Waals surface area (Å²) in [4.78, 5) is 0. The van der Waals surface area contributed by atoms with Gasteiger partial charge in [0.1, 0.15) is 13.7 Å². The Kier molecular flexibility index (Phi) is 1.80. The van der Waals surface area contributed by atoms with Crippen molar-refractivity contribution in [3.8, 4) is 0 Å². The highest BCUT2D eigenvalue weighted by Crippen LogP contribution is 1.87. The van der Waals surface area contributed by atoms with E-state index < -0.39 is 0 Å². The third kappa shape index (κ3) is 1.27. The van der Waals surface area contributed by atoms with Crippen LogP contribution in [0, 0.1) is 0 Å². The molecular formula is C7H10NO+. The van der Waals surface area contributed by atoms with Gasteiger partial charge in [0, 0.05) is 12.1 Å². The molecule has 2 heteroatoms. The number of pyridine rings is 1. The molecule has 0 amide bonds. The summed E-state index contributed by atoms with van der Waals surface area (Å²) in [6, 6.07) is 5.73. The molecule has 2 nitrogen and oxygen atoms in total. The maximum Gasteiger partial charge on any atom is 0.206 e. The molecule has 1 rings (SSSR count). The minimum absolute atomic E-state index is 0.108. The van der Waals surface area contributed by atoms with Crippen LogP contribution in [0.5, 0.6) is 0 Å². The van der Waals surface area contributed by atoms with Crippen LogP contribution in [0.3, 0.4) is 0 Å². The Morgan fingerprint density at radius 1 is 1.56 bits per heavy atom. The van der Waals surface area contributed by atoms with Crippen molar-refractivity contribution in [2.45, 2.75) is 6.61 Å².